The monoisotopic (exact) mass is 277 g/mol. The van der Waals surface area contributed by atoms with Gasteiger partial charge in [-0.1, -0.05) is 27.7 Å². The Morgan fingerprint density at radius 1 is 1.40 bits per heavy atom. The van der Waals surface area contributed by atoms with Crippen LogP contribution >= 0.6 is 0 Å². The third-order valence-electron chi connectivity index (χ3n) is 3.70. The number of aromatic nitrogens is 2. The van der Waals surface area contributed by atoms with Crippen molar-refractivity contribution in [2.75, 3.05) is 18.0 Å². The number of hydrogen-bond donors (Lipinski definition) is 1. The molecule has 1 saturated heterocycles. The molecule has 0 aromatic carbocycles. The minimum absolute atomic E-state index is 0.0364. The van der Waals surface area contributed by atoms with E-state index in [0.29, 0.717) is 18.4 Å². The molecular weight excluding hydrogens is 254 g/mol. The van der Waals surface area contributed by atoms with Crippen LogP contribution < -0.4 is 4.90 Å². The molecule has 1 N–H and O–H groups in total. The molecule has 1 aromatic rings. The van der Waals surface area contributed by atoms with Gasteiger partial charge in [0.1, 0.15) is 0 Å². The largest absolute Gasteiger partial charge is 0.481 e. The average molecular weight is 277 g/mol. The molecular formula is C15H23N3O2. The zero-order chi connectivity index (χ0) is 14.9. The Bertz CT molecular complexity index is 496. The summed E-state index contributed by atoms with van der Waals surface area (Å²) in [5.74, 6) is -0.0730. The van der Waals surface area contributed by atoms with E-state index in [1.807, 2.05) is 11.0 Å². The van der Waals surface area contributed by atoms with E-state index < -0.39 is 5.97 Å². The number of aliphatic carboxylic acids is 1. The molecule has 20 heavy (non-hydrogen) atoms. The number of hydrogen-bond acceptors (Lipinski definition) is 4. The Morgan fingerprint density at radius 3 is 2.70 bits per heavy atom. The minimum atomic E-state index is -0.728. The summed E-state index contributed by atoms with van der Waals surface area (Å²) in [5, 5.41) is 9.24. The van der Waals surface area contributed by atoms with Crippen molar-refractivity contribution in [1.29, 1.82) is 0 Å². The second kappa shape index (κ2) is 5.38. The van der Waals surface area contributed by atoms with Crippen LogP contribution in [-0.2, 0) is 10.2 Å². The van der Waals surface area contributed by atoms with Gasteiger partial charge in [-0.15, -0.1) is 0 Å². The van der Waals surface area contributed by atoms with Gasteiger partial charge < -0.3 is 10.0 Å². The number of nitrogens with zero attached hydrogens (tertiary/aromatic N) is 3. The van der Waals surface area contributed by atoms with E-state index in [2.05, 4.69) is 37.7 Å². The highest BCUT2D eigenvalue weighted by Crippen LogP contribution is 2.26. The first-order valence-corrected chi connectivity index (χ1v) is 7.08. The SMILES string of the molecule is CC1CC(C(=O)O)CN(c2nccc(C(C)(C)C)n2)C1. The third-order valence-corrected chi connectivity index (χ3v) is 3.70. The molecule has 2 heterocycles. The fourth-order valence-corrected chi connectivity index (χ4v) is 2.61. The maximum absolute atomic E-state index is 11.2. The van der Waals surface area contributed by atoms with Crippen LogP contribution in [0.3, 0.4) is 0 Å². The summed E-state index contributed by atoms with van der Waals surface area (Å²) in [6, 6.07) is 1.92. The Hall–Kier alpha value is -1.65. The van der Waals surface area contributed by atoms with Crippen molar-refractivity contribution in [3.05, 3.63) is 18.0 Å². The van der Waals surface area contributed by atoms with Gasteiger partial charge in [-0.2, -0.15) is 0 Å². The van der Waals surface area contributed by atoms with E-state index in [9.17, 15) is 9.90 Å². The number of piperidine rings is 1. The fourth-order valence-electron chi connectivity index (χ4n) is 2.61. The molecule has 5 heteroatoms. The van der Waals surface area contributed by atoms with Gasteiger partial charge in [-0.05, 0) is 18.4 Å². The van der Waals surface area contributed by atoms with Crippen LogP contribution in [0.2, 0.25) is 0 Å². The summed E-state index contributed by atoms with van der Waals surface area (Å²) in [6.45, 7) is 9.72. The Morgan fingerprint density at radius 2 is 2.10 bits per heavy atom. The molecule has 0 bridgehead atoms. The van der Waals surface area contributed by atoms with Crippen LogP contribution in [0.25, 0.3) is 0 Å². The maximum Gasteiger partial charge on any atom is 0.308 e. The molecule has 0 spiro atoms. The first-order chi connectivity index (χ1) is 9.27. The van der Waals surface area contributed by atoms with E-state index in [4.69, 9.17) is 0 Å². The van der Waals surface area contributed by atoms with Gasteiger partial charge in [0.2, 0.25) is 5.95 Å². The van der Waals surface area contributed by atoms with Gasteiger partial charge in [0.15, 0.2) is 0 Å². The first-order valence-electron chi connectivity index (χ1n) is 7.08. The van der Waals surface area contributed by atoms with Crippen LogP contribution in [-0.4, -0.2) is 34.1 Å². The van der Waals surface area contributed by atoms with Crippen molar-refractivity contribution in [3.63, 3.8) is 0 Å². The van der Waals surface area contributed by atoms with Crippen molar-refractivity contribution in [2.45, 2.75) is 39.5 Å². The quantitative estimate of drug-likeness (QED) is 0.898. The molecule has 1 fully saturated rings. The van der Waals surface area contributed by atoms with Crippen molar-refractivity contribution >= 4 is 11.9 Å². The predicted octanol–water partition coefficient (Wildman–Crippen LogP) is 2.32. The topological polar surface area (TPSA) is 66.3 Å². The molecule has 1 aromatic heterocycles. The number of anilines is 1. The van der Waals surface area contributed by atoms with Crippen molar-refractivity contribution in [3.8, 4) is 0 Å². The molecule has 5 nitrogen and oxygen atoms in total. The van der Waals surface area contributed by atoms with Crippen molar-refractivity contribution in [1.82, 2.24) is 9.97 Å². The zero-order valence-corrected chi connectivity index (χ0v) is 12.6. The molecule has 0 amide bonds. The Labute approximate surface area is 120 Å². The van der Waals surface area contributed by atoms with Crippen LogP contribution in [0.1, 0.15) is 39.8 Å². The lowest BCUT2D eigenvalue weighted by Crippen LogP contribution is -2.43. The number of carbonyl (C=O) groups is 1. The second-order valence-corrected chi connectivity index (χ2v) is 6.77. The normalized spacial score (nSPS) is 23.7. The Balaban J connectivity index is 2.24. The first kappa shape index (κ1) is 14.8. The lowest BCUT2D eigenvalue weighted by atomic mass is 9.90. The standard InChI is InChI=1S/C15H23N3O2/c1-10-7-11(13(19)20)9-18(8-10)14-16-6-5-12(17-14)15(2,3)4/h5-6,10-11H,7-9H2,1-4H3,(H,19,20). The van der Waals surface area contributed by atoms with Crippen molar-refractivity contribution in [2.24, 2.45) is 11.8 Å². The smallest absolute Gasteiger partial charge is 0.308 e. The summed E-state index contributed by atoms with van der Waals surface area (Å²) in [7, 11) is 0. The van der Waals surface area contributed by atoms with Crippen LogP contribution in [0.5, 0.6) is 0 Å². The highest BCUT2D eigenvalue weighted by atomic mass is 16.4. The zero-order valence-electron chi connectivity index (χ0n) is 12.6. The molecule has 2 rings (SSSR count). The van der Waals surface area contributed by atoms with E-state index in [-0.39, 0.29) is 11.3 Å². The number of carboxylic acids is 1. The van der Waals surface area contributed by atoms with Crippen LogP contribution in [0, 0.1) is 11.8 Å². The van der Waals surface area contributed by atoms with Crippen LogP contribution in [0.15, 0.2) is 12.3 Å². The molecule has 1 aliphatic heterocycles. The van der Waals surface area contributed by atoms with Gasteiger partial charge in [-0.25, -0.2) is 9.97 Å². The van der Waals surface area contributed by atoms with Gasteiger partial charge >= 0.3 is 5.97 Å². The number of rotatable bonds is 2. The number of carboxylic acid groups (broad SMARTS) is 1. The summed E-state index contributed by atoms with van der Waals surface area (Å²) in [6.07, 6.45) is 2.49. The molecule has 1 aliphatic rings. The second-order valence-electron chi connectivity index (χ2n) is 6.77. The average Bonchev–Trinajstić information content (AvgIpc) is 2.37. The highest BCUT2D eigenvalue weighted by Gasteiger charge is 2.31. The van der Waals surface area contributed by atoms with E-state index in [1.165, 1.54) is 0 Å². The molecule has 0 radical (unpaired) electrons. The summed E-state index contributed by atoms with van der Waals surface area (Å²) < 4.78 is 0. The molecule has 0 aliphatic carbocycles. The van der Waals surface area contributed by atoms with Gasteiger partial charge in [0.25, 0.3) is 0 Å². The van der Waals surface area contributed by atoms with Gasteiger partial charge in [-0.3, -0.25) is 4.79 Å². The molecule has 2 atom stereocenters. The molecule has 110 valence electrons. The third kappa shape index (κ3) is 3.26. The van der Waals surface area contributed by atoms with E-state index in [1.54, 1.807) is 6.20 Å². The lowest BCUT2D eigenvalue weighted by molar-refractivity contribution is -0.142. The van der Waals surface area contributed by atoms with Crippen LogP contribution in [0.4, 0.5) is 5.95 Å². The fraction of sp³-hybridized carbons (Fsp3) is 0.667. The lowest BCUT2D eigenvalue weighted by Gasteiger charge is -2.35. The van der Waals surface area contributed by atoms with E-state index >= 15 is 0 Å². The van der Waals surface area contributed by atoms with Crippen molar-refractivity contribution < 1.29 is 9.90 Å². The summed E-state index contributed by atoms with van der Waals surface area (Å²) >= 11 is 0. The maximum atomic E-state index is 11.2. The summed E-state index contributed by atoms with van der Waals surface area (Å²) in [4.78, 5) is 22.2. The highest BCUT2D eigenvalue weighted by molar-refractivity contribution is 5.71. The predicted molar refractivity (Wildman–Crippen MR) is 77.9 cm³/mol. The van der Waals surface area contributed by atoms with Gasteiger partial charge in [0.05, 0.1) is 11.6 Å². The minimum Gasteiger partial charge on any atom is -0.481 e. The summed E-state index contributed by atoms with van der Waals surface area (Å²) in [5.41, 5.74) is 0.943. The van der Waals surface area contributed by atoms with E-state index in [0.717, 1.165) is 18.7 Å². The Kier molecular flexibility index (Phi) is 3.97. The molecule has 0 saturated carbocycles. The molecule has 2 unspecified atom stereocenters. The van der Waals surface area contributed by atoms with Gasteiger partial charge in [0, 0.05) is 24.7 Å².